The highest BCUT2D eigenvalue weighted by Crippen LogP contribution is 2.31. The maximum Gasteiger partial charge on any atom is 0.304 e. The summed E-state index contributed by atoms with van der Waals surface area (Å²) in [4.78, 5) is 11.7. The third-order valence-corrected chi connectivity index (χ3v) is 7.73. The SMILES string of the molecule is COc1ccc(C(CC(=O)O)c2cc(/C=C/CC3(C)OCCO3)n(COCC[Si](C)(C)C)n2)cc1F. The molecule has 1 saturated heterocycles. The van der Waals surface area contributed by atoms with Crippen molar-refractivity contribution in [3.63, 3.8) is 0 Å². The van der Waals surface area contributed by atoms with E-state index in [1.54, 1.807) is 10.7 Å². The second-order valence-corrected chi connectivity index (χ2v) is 15.9. The quantitative estimate of drug-likeness (QED) is 0.290. The van der Waals surface area contributed by atoms with Gasteiger partial charge in [-0.05, 0) is 42.8 Å². The predicted molar refractivity (Wildman–Crippen MR) is 137 cm³/mol. The number of rotatable bonds is 13. The first-order chi connectivity index (χ1) is 17.0. The van der Waals surface area contributed by atoms with Crippen LogP contribution in [0.15, 0.2) is 30.3 Å². The zero-order valence-corrected chi connectivity index (χ0v) is 22.8. The van der Waals surface area contributed by atoms with Gasteiger partial charge in [0.15, 0.2) is 17.4 Å². The summed E-state index contributed by atoms with van der Waals surface area (Å²) in [5, 5.41) is 14.3. The summed E-state index contributed by atoms with van der Waals surface area (Å²) in [7, 11) is 0.137. The summed E-state index contributed by atoms with van der Waals surface area (Å²) >= 11 is 0. The molecule has 2 heterocycles. The number of carboxylic acid groups (broad SMARTS) is 1. The van der Waals surface area contributed by atoms with Crippen molar-refractivity contribution in [2.75, 3.05) is 26.9 Å². The van der Waals surface area contributed by atoms with Gasteiger partial charge in [-0.15, -0.1) is 0 Å². The van der Waals surface area contributed by atoms with Crippen LogP contribution in [0.5, 0.6) is 5.75 Å². The summed E-state index contributed by atoms with van der Waals surface area (Å²) in [6.45, 7) is 10.7. The third kappa shape index (κ3) is 7.99. The summed E-state index contributed by atoms with van der Waals surface area (Å²) < 4.78 is 38.4. The van der Waals surface area contributed by atoms with Crippen molar-refractivity contribution in [2.45, 2.75) is 63.9 Å². The molecular weight excluding hydrogens is 483 g/mol. The van der Waals surface area contributed by atoms with Crippen LogP contribution in [0, 0.1) is 5.82 Å². The van der Waals surface area contributed by atoms with E-state index in [0.717, 1.165) is 11.7 Å². The van der Waals surface area contributed by atoms with Crippen molar-refractivity contribution < 1.29 is 33.2 Å². The molecule has 1 unspecified atom stereocenters. The van der Waals surface area contributed by atoms with Crippen LogP contribution < -0.4 is 4.74 Å². The standard InChI is InChI=1S/C26H37FN2O6Si/c1-26(34-11-12-35-26)10-6-7-20-16-23(28-29(20)18-33-13-14-36(3,4)5)21(17-25(30)31)19-8-9-24(32-2)22(27)15-19/h6-9,15-16,21H,10-14,17-18H2,1-5H3,(H,30,31)/b7-6+. The monoisotopic (exact) mass is 520 g/mol. The van der Waals surface area contributed by atoms with Crippen LogP contribution >= 0.6 is 0 Å². The number of aliphatic carboxylic acids is 1. The van der Waals surface area contributed by atoms with Crippen molar-refractivity contribution in [2.24, 2.45) is 0 Å². The smallest absolute Gasteiger partial charge is 0.304 e. The highest BCUT2D eigenvalue weighted by atomic mass is 28.3. The van der Waals surface area contributed by atoms with E-state index in [0.29, 0.717) is 37.5 Å². The van der Waals surface area contributed by atoms with E-state index in [4.69, 9.17) is 18.9 Å². The van der Waals surface area contributed by atoms with Crippen LogP contribution in [0.3, 0.4) is 0 Å². The van der Waals surface area contributed by atoms with Gasteiger partial charge in [0.2, 0.25) is 0 Å². The molecule has 1 fully saturated rings. The van der Waals surface area contributed by atoms with Crippen molar-refractivity contribution in [3.05, 3.63) is 53.1 Å². The van der Waals surface area contributed by atoms with Gasteiger partial charge in [-0.3, -0.25) is 4.79 Å². The molecule has 2 aromatic rings. The van der Waals surface area contributed by atoms with E-state index >= 15 is 0 Å². The number of carboxylic acids is 1. The van der Waals surface area contributed by atoms with Crippen LogP contribution in [-0.2, 0) is 25.7 Å². The van der Waals surface area contributed by atoms with Gasteiger partial charge in [-0.1, -0.05) is 31.8 Å². The van der Waals surface area contributed by atoms with Gasteiger partial charge >= 0.3 is 5.97 Å². The summed E-state index contributed by atoms with van der Waals surface area (Å²) in [5.41, 5.74) is 1.79. The molecule has 0 bridgehead atoms. The van der Waals surface area contributed by atoms with Crippen LogP contribution in [0.2, 0.25) is 25.7 Å². The Morgan fingerprint density at radius 2 is 2.03 bits per heavy atom. The van der Waals surface area contributed by atoms with E-state index in [2.05, 4.69) is 24.7 Å². The number of ether oxygens (including phenoxy) is 4. The zero-order chi connectivity index (χ0) is 26.3. The second-order valence-electron chi connectivity index (χ2n) is 10.3. The Bertz CT molecular complexity index is 1060. The molecule has 3 rings (SSSR count). The van der Waals surface area contributed by atoms with E-state index in [1.807, 2.05) is 25.1 Å². The van der Waals surface area contributed by atoms with E-state index < -0.39 is 31.6 Å². The van der Waals surface area contributed by atoms with Crippen molar-refractivity contribution in [1.29, 1.82) is 0 Å². The van der Waals surface area contributed by atoms with E-state index in [-0.39, 0.29) is 18.9 Å². The van der Waals surface area contributed by atoms with Gasteiger partial charge in [0.1, 0.15) is 6.73 Å². The summed E-state index contributed by atoms with van der Waals surface area (Å²) in [6, 6.07) is 7.32. The Morgan fingerprint density at radius 1 is 1.31 bits per heavy atom. The molecule has 1 aliphatic heterocycles. The number of benzene rings is 1. The Balaban J connectivity index is 1.89. The number of nitrogens with zero attached hydrogens (tertiary/aromatic N) is 2. The van der Waals surface area contributed by atoms with Crippen LogP contribution in [0.1, 0.15) is 42.6 Å². The maximum absolute atomic E-state index is 14.5. The lowest BCUT2D eigenvalue weighted by molar-refractivity contribution is -0.138. The number of aromatic nitrogens is 2. The third-order valence-electron chi connectivity index (χ3n) is 6.03. The molecule has 1 atom stereocenters. The zero-order valence-electron chi connectivity index (χ0n) is 21.8. The van der Waals surface area contributed by atoms with E-state index in [9.17, 15) is 14.3 Å². The first-order valence-corrected chi connectivity index (χ1v) is 15.9. The molecule has 8 nitrogen and oxygen atoms in total. The largest absolute Gasteiger partial charge is 0.494 e. The molecule has 1 aromatic carbocycles. The first kappa shape index (κ1) is 28.0. The van der Waals surface area contributed by atoms with Gasteiger partial charge in [0, 0.05) is 27.0 Å². The molecule has 36 heavy (non-hydrogen) atoms. The Hall–Kier alpha value is -2.53. The molecule has 0 amide bonds. The molecular formula is C26H37FN2O6Si. The lowest BCUT2D eigenvalue weighted by Crippen LogP contribution is -2.24. The maximum atomic E-state index is 14.5. The fourth-order valence-electron chi connectivity index (χ4n) is 3.92. The number of halogens is 1. The average molecular weight is 521 g/mol. The van der Waals surface area contributed by atoms with Gasteiger partial charge in [-0.25, -0.2) is 9.07 Å². The van der Waals surface area contributed by atoms with Crippen molar-refractivity contribution in [1.82, 2.24) is 9.78 Å². The molecule has 198 valence electrons. The minimum absolute atomic E-state index is 0.0996. The van der Waals surface area contributed by atoms with Gasteiger partial charge < -0.3 is 24.1 Å². The number of methoxy groups -OCH3 is 1. The van der Waals surface area contributed by atoms with Crippen LogP contribution in [0.4, 0.5) is 4.39 Å². The van der Waals surface area contributed by atoms with Crippen molar-refractivity contribution in [3.8, 4) is 5.75 Å². The Morgan fingerprint density at radius 3 is 2.64 bits per heavy atom. The predicted octanol–water partition coefficient (Wildman–Crippen LogP) is 5.12. The number of hydrogen-bond acceptors (Lipinski definition) is 6. The molecule has 1 aromatic heterocycles. The molecule has 10 heteroatoms. The highest BCUT2D eigenvalue weighted by Gasteiger charge is 2.29. The highest BCUT2D eigenvalue weighted by molar-refractivity contribution is 6.76. The second kappa shape index (κ2) is 12.1. The van der Waals surface area contributed by atoms with Gasteiger partial charge in [0.05, 0.1) is 38.1 Å². The van der Waals surface area contributed by atoms with E-state index in [1.165, 1.54) is 19.2 Å². The molecule has 1 aliphatic rings. The number of carbonyl (C=O) groups is 1. The fourth-order valence-corrected chi connectivity index (χ4v) is 4.68. The van der Waals surface area contributed by atoms with Gasteiger partial charge in [0.25, 0.3) is 0 Å². The molecule has 0 spiro atoms. The van der Waals surface area contributed by atoms with Gasteiger partial charge in [-0.2, -0.15) is 5.10 Å². The minimum atomic E-state index is -1.25. The molecule has 0 radical (unpaired) electrons. The lowest BCUT2D eigenvalue weighted by atomic mass is 9.92. The van der Waals surface area contributed by atoms with Crippen LogP contribution in [0.25, 0.3) is 6.08 Å². The molecule has 0 aliphatic carbocycles. The average Bonchev–Trinajstić information content (AvgIpc) is 3.41. The van der Waals surface area contributed by atoms with Crippen LogP contribution in [-0.4, -0.2) is 61.6 Å². The topological polar surface area (TPSA) is 92.0 Å². The molecule has 0 saturated carbocycles. The summed E-state index contributed by atoms with van der Waals surface area (Å²) in [5.74, 6) is -2.76. The minimum Gasteiger partial charge on any atom is -0.494 e. The normalized spacial score (nSPS) is 16.5. The lowest BCUT2D eigenvalue weighted by Gasteiger charge is -2.19. The summed E-state index contributed by atoms with van der Waals surface area (Å²) in [6.07, 6.45) is 4.17. The Kier molecular flexibility index (Phi) is 9.45. The first-order valence-electron chi connectivity index (χ1n) is 12.1. The Labute approximate surface area is 213 Å². The fraction of sp³-hybridized carbons (Fsp3) is 0.538. The van der Waals surface area contributed by atoms with Crippen molar-refractivity contribution >= 4 is 20.1 Å². The number of hydrogen-bond donors (Lipinski definition) is 1. The molecule has 1 N–H and O–H groups in total.